The molecule has 5 nitrogen and oxygen atoms in total. The van der Waals surface area contributed by atoms with Gasteiger partial charge in [-0.05, 0) is 12.8 Å². The molecule has 0 aromatic heterocycles. The van der Waals surface area contributed by atoms with Crippen LogP contribution in [0.4, 0.5) is 0 Å². The first-order chi connectivity index (χ1) is 14.3. The van der Waals surface area contributed by atoms with E-state index in [0.29, 0.717) is 19.4 Å². The number of unbranched alkanes of at least 4 members (excludes halogenated alkanes) is 15. The summed E-state index contributed by atoms with van der Waals surface area (Å²) >= 11 is 0. The molecule has 0 rings (SSSR count). The van der Waals surface area contributed by atoms with E-state index < -0.39 is 5.97 Å². The van der Waals surface area contributed by atoms with Gasteiger partial charge in [0.15, 0.2) is 0 Å². The fourth-order valence-corrected chi connectivity index (χ4v) is 3.53. The maximum absolute atomic E-state index is 11.7. The Labute approximate surface area is 186 Å². The molecule has 0 amide bonds. The lowest BCUT2D eigenvalue weighted by atomic mass is 10.0. The molecule has 0 atom stereocenters. The molecule has 0 aliphatic carbocycles. The second-order valence-electron chi connectivity index (χ2n) is 9.78. The third-order valence-electron chi connectivity index (χ3n) is 5.55. The molecule has 0 radical (unpaired) electrons. The minimum Gasteiger partial charge on any atom is -0.481 e. The van der Waals surface area contributed by atoms with Gasteiger partial charge in [-0.2, -0.15) is 0 Å². The molecule has 0 aromatic carbocycles. The average molecular weight is 429 g/mol. The first-order valence-electron chi connectivity index (χ1n) is 12.5. The predicted molar refractivity (Wildman–Crippen MR) is 125 cm³/mol. The number of hydrogen-bond donors (Lipinski definition) is 1. The molecule has 5 heteroatoms. The minimum absolute atomic E-state index is 0.0402. The fraction of sp³-hybridized carbons (Fsp3) is 0.920. The number of carboxylic acids is 1. The highest BCUT2D eigenvalue weighted by atomic mass is 16.5. The van der Waals surface area contributed by atoms with Gasteiger partial charge < -0.3 is 14.3 Å². The van der Waals surface area contributed by atoms with Gasteiger partial charge in [0.05, 0.1) is 21.1 Å². The Hall–Kier alpha value is -1.10. The summed E-state index contributed by atoms with van der Waals surface area (Å²) in [7, 11) is 6.31. The molecule has 1 N–H and O–H groups in total. The van der Waals surface area contributed by atoms with E-state index in [-0.39, 0.29) is 5.97 Å². The van der Waals surface area contributed by atoms with Crippen LogP contribution in [0.1, 0.15) is 116 Å². The van der Waals surface area contributed by atoms with Crippen LogP contribution in [0.5, 0.6) is 0 Å². The molecular formula is C25H50NO4+. The summed E-state index contributed by atoms with van der Waals surface area (Å²) in [4.78, 5) is 22.1. The van der Waals surface area contributed by atoms with Gasteiger partial charge in [-0.1, -0.05) is 89.9 Å². The van der Waals surface area contributed by atoms with Crippen LogP contribution in [-0.4, -0.2) is 55.8 Å². The average Bonchev–Trinajstić information content (AvgIpc) is 2.65. The normalized spacial score (nSPS) is 11.6. The Bertz CT molecular complexity index is 418. The number of carbonyl (C=O) groups is 2. The number of nitrogens with zero attached hydrogens (tertiary/aromatic N) is 1. The molecule has 0 unspecified atom stereocenters. The zero-order valence-corrected chi connectivity index (χ0v) is 20.3. The van der Waals surface area contributed by atoms with Gasteiger partial charge in [-0.25, -0.2) is 0 Å². The Balaban J connectivity index is 3.16. The number of likely N-dealkylation sites (N-methyl/N-ethyl adjacent to an activating group) is 1. The van der Waals surface area contributed by atoms with E-state index >= 15 is 0 Å². The molecule has 0 saturated carbocycles. The second-order valence-corrected chi connectivity index (χ2v) is 9.78. The summed E-state index contributed by atoms with van der Waals surface area (Å²) in [5, 5.41) is 8.58. The third kappa shape index (κ3) is 24.9. The third-order valence-corrected chi connectivity index (χ3v) is 5.55. The Morgan fingerprint density at radius 1 is 0.600 bits per heavy atom. The lowest BCUT2D eigenvalue weighted by Crippen LogP contribution is -2.37. The summed E-state index contributed by atoms with van der Waals surface area (Å²) in [5.41, 5.74) is 0. The van der Waals surface area contributed by atoms with Crippen molar-refractivity contribution >= 4 is 11.9 Å². The largest absolute Gasteiger partial charge is 0.481 e. The van der Waals surface area contributed by atoms with Crippen molar-refractivity contribution in [1.29, 1.82) is 0 Å². The van der Waals surface area contributed by atoms with E-state index in [9.17, 15) is 9.59 Å². The zero-order chi connectivity index (χ0) is 22.5. The van der Waals surface area contributed by atoms with Gasteiger partial charge in [0, 0.05) is 12.8 Å². The van der Waals surface area contributed by atoms with Crippen LogP contribution >= 0.6 is 0 Å². The van der Waals surface area contributed by atoms with Crippen molar-refractivity contribution < 1.29 is 23.9 Å². The molecule has 178 valence electrons. The van der Waals surface area contributed by atoms with E-state index in [0.717, 1.165) is 36.7 Å². The smallest absolute Gasteiger partial charge is 0.305 e. The Morgan fingerprint density at radius 3 is 1.27 bits per heavy atom. The number of carbonyl (C=O) groups excluding carboxylic acids is 1. The van der Waals surface area contributed by atoms with Crippen LogP contribution in [0, 0.1) is 0 Å². The summed E-state index contributed by atoms with van der Waals surface area (Å²) in [6, 6.07) is 0. The predicted octanol–water partition coefficient (Wildman–Crippen LogP) is 6.34. The van der Waals surface area contributed by atoms with Crippen LogP contribution < -0.4 is 0 Å². The highest BCUT2D eigenvalue weighted by Crippen LogP contribution is 2.14. The van der Waals surface area contributed by atoms with Crippen molar-refractivity contribution in [1.82, 2.24) is 0 Å². The van der Waals surface area contributed by atoms with Crippen molar-refractivity contribution in [2.24, 2.45) is 0 Å². The number of ether oxygens (including phenoxy) is 1. The lowest BCUT2D eigenvalue weighted by Gasteiger charge is -2.23. The topological polar surface area (TPSA) is 63.6 Å². The van der Waals surface area contributed by atoms with Gasteiger partial charge in [0.25, 0.3) is 0 Å². The van der Waals surface area contributed by atoms with Gasteiger partial charge in [0.2, 0.25) is 0 Å². The van der Waals surface area contributed by atoms with Gasteiger partial charge in [-0.3, -0.25) is 9.59 Å². The maximum atomic E-state index is 11.7. The van der Waals surface area contributed by atoms with Crippen molar-refractivity contribution in [3.8, 4) is 0 Å². The molecule has 0 heterocycles. The summed E-state index contributed by atoms with van der Waals surface area (Å²) in [5.74, 6) is -0.708. The molecular weight excluding hydrogens is 378 g/mol. The number of rotatable bonds is 22. The van der Waals surface area contributed by atoms with Crippen molar-refractivity contribution in [2.75, 3.05) is 34.3 Å². The lowest BCUT2D eigenvalue weighted by molar-refractivity contribution is -0.870. The van der Waals surface area contributed by atoms with Crippen LogP contribution in [0.15, 0.2) is 0 Å². The fourth-order valence-electron chi connectivity index (χ4n) is 3.53. The highest BCUT2D eigenvalue weighted by molar-refractivity contribution is 5.69. The number of quaternary nitrogens is 1. The molecule has 0 aliphatic heterocycles. The van der Waals surface area contributed by atoms with Crippen LogP contribution in [0.25, 0.3) is 0 Å². The first-order valence-corrected chi connectivity index (χ1v) is 12.5. The van der Waals surface area contributed by atoms with Gasteiger partial charge >= 0.3 is 11.9 Å². The number of aliphatic carboxylic acids is 1. The Kier molecular flexibility index (Phi) is 19.1. The monoisotopic (exact) mass is 428 g/mol. The quantitative estimate of drug-likeness (QED) is 0.124. The summed E-state index contributed by atoms with van der Waals surface area (Å²) < 4.78 is 6.11. The van der Waals surface area contributed by atoms with E-state index in [1.807, 2.05) is 0 Å². The molecule has 0 fully saturated rings. The SMILES string of the molecule is C[N+](C)(C)CCOC(=O)CCCCCCCCCCCCCCCCCCC(=O)O. The maximum Gasteiger partial charge on any atom is 0.305 e. The highest BCUT2D eigenvalue weighted by Gasteiger charge is 2.09. The van der Waals surface area contributed by atoms with E-state index in [2.05, 4.69) is 21.1 Å². The molecule has 0 saturated heterocycles. The van der Waals surface area contributed by atoms with E-state index in [4.69, 9.17) is 9.84 Å². The first kappa shape index (κ1) is 28.9. The number of carboxylic acid groups (broad SMARTS) is 1. The Morgan fingerprint density at radius 2 is 0.933 bits per heavy atom. The molecule has 0 spiro atoms. The van der Waals surface area contributed by atoms with Crippen molar-refractivity contribution in [2.45, 2.75) is 116 Å². The van der Waals surface area contributed by atoms with E-state index in [1.54, 1.807) is 0 Å². The van der Waals surface area contributed by atoms with Crippen molar-refractivity contribution in [3.05, 3.63) is 0 Å². The second kappa shape index (κ2) is 19.8. The minimum atomic E-state index is -0.668. The number of esters is 1. The van der Waals surface area contributed by atoms with Crippen LogP contribution in [-0.2, 0) is 14.3 Å². The number of hydrogen-bond acceptors (Lipinski definition) is 3. The van der Waals surface area contributed by atoms with Crippen LogP contribution in [0.3, 0.4) is 0 Å². The zero-order valence-electron chi connectivity index (χ0n) is 20.3. The molecule has 0 bridgehead atoms. The van der Waals surface area contributed by atoms with Gasteiger partial charge in [-0.15, -0.1) is 0 Å². The molecule has 30 heavy (non-hydrogen) atoms. The summed E-state index contributed by atoms with van der Waals surface area (Å²) in [6.45, 7) is 1.39. The van der Waals surface area contributed by atoms with E-state index in [1.165, 1.54) is 77.0 Å². The van der Waals surface area contributed by atoms with Crippen molar-refractivity contribution in [3.63, 3.8) is 0 Å². The van der Waals surface area contributed by atoms with Crippen LogP contribution in [0.2, 0.25) is 0 Å². The standard InChI is InChI=1S/C25H49NO4/c1-26(2,3)22-23-30-25(29)21-19-17-15-13-11-9-7-5-4-6-8-10-12-14-16-18-20-24(27)28/h4-23H2,1-3H3/p+1. The molecule has 0 aliphatic rings. The van der Waals surface area contributed by atoms with Gasteiger partial charge in [0.1, 0.15) is 13.2 Å². The molecule has 0 aromatic rings. The summed E-state index contributed by atoms with van der Waals surface area (Å²) in [6.07, 6.45) is 20.6.